The van der Waals surface area contributed by atoms with Gasteiger partial charge in [-0.1, -0.05) is 47.5 Å². The number of nitrogens with zero attached hydrogens (tertiary/aromatic N) is 1. The second-order valence-corrected chi connectivity index (χ2v) is 7.84. The van der Waals surface area contributed by atoms with E-state index in [1.54, 1.807) is 36.4 Å². The van der Waals surface area contributed by atoms with Gasteiger partial charge < -0.3 is 14.2 Å². The van der Waals surface area contributed by atoms with E-state index in [0.717, 1.165) is 5.56 Å². The molecule has 0 unspecified atom stereocenters. The molecule has 1 heterocycles. The molecule has 0 spiro atoms. The molecule has 33 heavy (non-hydrogen) atoms. The first kappa shape index (κ1) is 22.8. The first-order valence-electron chi connectivity index (χ1n) is 10.1. The zero-order chi connectivity index (χ0) is 23.4. The average Bonchev–Trinajstić information content (AvgIpc) is 3.15. The molecule has 5 nitrogen and oxygen atoms in total. The number of halogens is 3. The maximum absolute atomic E-state index is 14.0. The summed E-state index contributed by atoms with van der Waals surface area (Å²) < 4.78 is 30.8. The van der Waals surface area contributed by atoms with E-state index in [2.05, 4.69) is 4.99 Å². The summed E-state index contributed by atoms with van der Waals surface area (Å²) in [7, 11) is 0. The van der Waals surface area contributed by atoms with E-state index >= 15 is 0 Å². The number of hydrogen-bond acceptors (Lipinski definition) is 5. The van der Waals surface area contributed by atoms with Crippen molar-refractivity contribution < 1.29 is 23.4 Å². The predicted molar refractivity (Wildman–Crippen MR) is 125 cm³/mol. The predicted octanol–water partition coefficient (Wildman–Crippen LogP) is 6.45. The van der Waals surface area contributed by atoms with Gasteiger partial charge in [0.15, 0.2) is 17.2 Å². The van der Waals surface area contributed by atoms with Crippen LogP contribution in [0.25, 0.3) is 6.08 Å². The molecule has 168 valence electrons. The number of carbonyl (C=O) groups excluding carboxylic acids is 1. The molecule has 1 aliphatic heterocycles. The van der Waals surface area contributed by atoms with E-state index in [0.29, 0.717) is 33.7 Å². The average molecular weight is 486 g/mol. The molecule has 0 fully saturated rings. The van der Waals surface area contributed by atoms with E-state index < -0.39 is 11.8 Å². The van der Waals surface area contributed by atoms with E-state index in [9.17, 15) is 9.18 Å². The molecule has 3 aromatic rings. The van der Waals surface area contributed by atoms with Crippen LogP contribution < -0.4 is 9.47 Å². The van der Waals surface area contributed by atoms with Crippen LogP contribution in [0.1, 0.15) is 23.6 Å². The van der Waals surface area contributed by atoms with Crippen LogP contribution in [0.5, 0.6) is 11.5 Å². The molecule has 0 N–H and O–H groups in total. The lowest BCUT2D eigenvalue weighted by Gasteiger charge is -2.14. The van der Waals surface area contributed by atoms with Crippen molar-refractivity contribution in [2.45, 2.75) is 13.5 Å². The summed E-state index contributed by atoms with van der Waals surface area (Å²) in [5, 5.41) is 0.932. The van der Waals surface area contributed by atoms with E-state index in [4.69, 9.17) is 37.4 Å². The molecular formula is C25H18Cl2FNO4. The molecule has 8 heteroatoms. The van der Waals surface area contributed by atoms with Crippen LogP contribution in [-0.4, -0.2) is 18.5 Å². The first-order chi connectivity index (χ1) is 15.9. The molecule has 0 aliphatic carbocycles. The fraction of sp³-hybridized carbons (Fsp3) is 0.120. The summed E-state index contributed by atoms with van der Waals surface area (Å²) in [6.45, 7) is 2.48. The SMILES string of the molecule is CCOc1cc(/C=C2\N=C(c3ccccc3F)OC2=O)cc(Cl)c1OCc1ccc(Cl)cc1. The van der Waals surface area contributed by atoms with Crippen LogP contribution in [0.3, 0.4) is 0 Å². The topological polar surface area (TPSA) is 57.1 Å². The number of rotatable bonds is 7. The number of hydrogen-bond donors (Lipinski definition) is 0. The van der Waals surface area contributed by atoms with E-state index in [-0.39, 0.29) is 23.8 Å². The molecular weight excluding hydrogens is 468 g/mol. The van der Waals surface area contributed by atoms with Crippen LogP contribution in [0.15, 0.2) is 71.4 Å². The molecule has 0 saturated heterocycles. The number of carbonyl (C=O) groups is 1. The third kappa shape index (κ3) is 5.35. The highest BCUT2D eigenvalue weighted by atomic mass is 35.5. The minimum absolute atomic E-state index is 0.0154. The minimum Gasteiger partial charge on any atom is -0.490 e. The molecule has 1 aliphatic rings. The fourth-order valence-electron chi connectivity index (χ4n) is 3.13. The molecule has 3 aromatic carbocycles. The molecule has 0 saturated carbocycles. The highest BCUT2D eigenvalue weighted by Gasteiger charge is 2.26. The van der Waals surface area contributed by atoms with Gasteiger partial charge in [0.25, 0.3) is 0 Å². The van der Waals surface area contributed by atoms with Gasteiger partial charge in [-0.3, -0.25) is 0 Å². The van der Waals surface area contributed by atoms with Gasteiger partial charge in [0.2, 0.25) is 5.90 Å². The van der Waals surface area contributed by atoms with Crippen molar-refractivity contribution in [2.24, 2.45) is 4.99 Å². The van der Waals surface area contributed by atoms with Crippen LogP contribution in [0, 0.1) is 5.82 Å². The highest BCUT2D eigenvalue weighted by molar-refractivity contribution is 6.32. The summed E-state index contributed by atoms with van der Waals surface area (Å²) in [5.41, 5.74) is 1.58. The lowest BCUT2D eigenvalue weighted by atomic mass is 10.1. The van der Waals surface area contributed by atoms with Crippen molar-refractivity contribution in [1.82, 2.24) is 0 Å². The summed E-state index contributed by atoms with van der Waals surface area (Å²) in [6, 6.07) is 16.5. The van der Waals surface area contributed by atoms with Gasteiger partial charge in [0.1, 0.15) is 12.4 Å². The molecule has 0 atom stereocenters. The normalized spacial score (nSPS) is 14.2. The first-order valence-corrected chi connectivity index (χ1v) is 10.8. The zero-order valence-electron chi connectivity index (χ0n) is 17.5. The lowest BCUT2D eigenvalue weighted by molar-refractivity contribution is -0.129. The van der Waals surface area contributed by atoms with Crippen molar-refractivity contribution in [3.05, 3.63) is 98.9 Å². The number of esters is 1. The Morgan fingerprint density at radius 1 is 1.06 bits per heavy atom. The Morgan fingerprint density at radius 2 is 1.82 bits per heavy atom. The third-order valence-electron chi connectivity index (χ3n) is 4.66. The summed E-state index contributed by atoms with van der Waals surface area (Å²) in [5.74, 6) is -0.529. The Labute approximate surface area is 200 Å². The van der Waals surface area contributed by atoms with Gasteiger partial charge in [-0.15, -0.1) is 0 Å². The smallest absolute Gasteiger partial charge is 0.363 e. The second-order valence-electron chi connectivity index (χ2n) is 6.99. The Kier molecular flexibility index (Phi) is 6.96. The molecule has 0 radical (unpaired) electrons. The quantitative estimate of drug-likeness (QED) is 0.284. The standard InChI is InChI=1S/C25H18Cl2FNO4/c1-2-31-22-13-16(11-19(27)23(22)32-14-15-7-9-17(26)10-8-15)12-21-25(30)33-24(29-21)18-5-3-4-6-20(18)28/h3-13H,2,14H2,1H3/b21-12-. The lowest BCUT2D eigenvalue weighted by Crippen LogP contribution is -2.07. The maximum Gasteiger partial charge on any atom is 0.363 e. The van der Waals surface area contributed by atoms with Crippen molar-refractivity contribution in [3.8, 4) is 11.5 Å². The summed E-state index contributed by atoms with van der Waals surface area (Å²) in [6.07, 6.45) is 1.49. The Balaban J connectivity index is 1.61. The van der Waals surface area contributed by atoms with Crippen LogP contribution in [0.2, 0.25) is 10.0 Å². The molecule has 0 bridgehead atoms. The number of aliphatic imine (C=N–C) groups is 1. The van der Waals surface area contributed by atoms with Crippen molar-refractivity contribution in [3.63, 3.8) is 0 Å². The highest BCUT2D eigenvalue weighted by Crippen LogP contribution is 2.38. The van der Waals surface area contributed by atoms with E-state index in [1.165, 1.54) is 18.2 Å². The molecule has 0 amide bonds. The Morgan fingerprint density at radius 3 is 2.55 bits per heavy atom. The van der Waals surface area contributed by atoms with Gasteiger partial charge in [-0.05, 0) is 60.5 Å². The van der Waals surface area contributed by atoms with Crippen molar-refractivity contribution in [2.75, 3.05) is 6.61 Å². The summed E-state index contributed by atoms with van der Waals surface area (Å²) >= 11 is 12.4. The minimum atomic E-state index is -0.689. The van der Waals surface area contributed by atoms with Gasteiger partial charge >= 0.3 is 5.97 Å². The maximum atomic E-state index is 14.0. The Hall–Kier alpha value is -3.35. The monoisotopic (exact) mass is 485 g/mol. The Bertz CT molecular complexity index is 1260. The van der Waals surface area contributed by atoms with Gasteiger partial charge in [-0.25, -0.2) is 14.2 Å². The largest absolute Gasteiger partial charge is 0.490 e. The van der Waals surface area contributed by atoms with E-state index in [1.807, 2.05) is 19.1 Å². The van der Waals surface area contributed by atoms with Gasteiger partial charge in [0, 0.05) is 5.02 Å². The molecule has 0 aromatic heterocycles. The van der Waals surface area contributed by atoms with Crippen molar-refractivity contribution >= 4 is 41.1 Å². The van der Waals surface area contributed by atoms with Gasteiger partial charge in [-0.2, -0.15) is 0 Å². The number of benzene rings is 3. The third-order valence-corrected chi connectivity index (χ3v) is 5.19. The number of ether oxygens (including phenoxy) is 3. The van der Waals surface area contributed by atoms with Gasteiger partial charge in [0.05, 0.1) is 17.2 Å². The summed E-state index contributed by atoms with van der Waals surface area (Å²) in [4.78, 5) is 16.4. The van der Waals surface area contributed by atoms with Crippen molar-refractivity contribution in [1.29, 1.82) is 0 Å². The fourth-order valence-corrected chi connectivity index (χ4v) is 3.53. The van der Waals surface area contributed by atoms with Crippen LogP contribution in [-0.2, 0) is 16.1 Å². The van der Waals surface area contributed by atoms with Crippen LogP contribution >= 0.6 is 23.2 Å². The number of cyclic esters (lactones) is 1. The van der Waals surface area contributed by atoms with Crippen LogP contribution in [0.4, 0.5) is 4.39 Å². The second kappa shape index (κ2) is 10.1. The zero-order valence-corrected chi connectivity index (χ0v) is 19.0. The molecule has 4 rings (SSSR count).